The Hall–Kier alpha value is -0.570. The highest BCUT2D eigenvalue weighted by Crippen LogP contribution is 2.32. The van der Waals surface area contributed by atoms with E-state index in [1.807, 2.05) is 0 Å². The van der Waals surface area contributed by atoms with Crippen LogP contribution in [0.5, 0.6) is 0 Å². The Labute approximate surface area is 111 Å². The third kappa shape index (κ3) is 7.00. The van der Waals surface area contributed by atoms with Crippen molar-refractivity contribution in [1.29, 1.82) is 0 Å². The average Bonchev–Trinajstić information content (AvgIpc) is 2.29. The van der Waals surface area contributed by atoms with Gasteiger partial charge in [-0.1, -0.05) is 51.9 Å². The van der Waals surface area contributed by atoms with Crippen LogP contribution in [0.25, 0.3) is 0 Å². The van der Waals surface area contributed by atoms with Gasteiger partial charge in [-0.15, -0.1) is 0 Å². The van der Waals surface area contributed by atoms with Crippen LogP contribution in [-0.4, -0.2) is 19.1 Å². The van der Waals surface area contributed by atoms with Crippen LogP contribution in [0.1, 0.15) is 71.1 Å². The molecule has 0 radical (unpaired) electrons. The lowest BCUT2D eigenvalue weighted by Gasteiger charge is -2.38. The second-order valence-electron chi connectivity index (χ2n) is 6.10. The van der Waals surface area contributed by atoms with Crippen molar-refractivity contribution in [3.05, 3.63) is 0 Å². The maximum Gasteiger partial charge on any atom is 0.217 e. The van der Waals surface area contributed by atoms with E-state index >= 15 is 0 Å². The fourth-order valence-corrected chi connectivity index (χ4v) is 2.51. The fourth-order valence-electron chi connectivity index (χ4n) is 2.51. The van der Waals surface area contributed by atoms with Crippen LogP contribution in [-0.2, 0) is 9.53 Å². The predicted octanol–water partition coefficient (Wildman–Crippen LogP) is 3.41. The van der Waals surface area contributed by atoms with E-state index in [0.717, 1.165) is 26.1 Å². The Bertz CT molecular complexity index is 237. The Kier molecular flexibility index (Phi) is 7.33. The van der Waals surface area contributed by atoms with Crippen LogP contribution < -0.4 is 5.73 Å². The third-order valence-electron chi connectivity index (χ3n) is 3.85. The van der Waals surface area contributed by atoms with Gasteiger partial charge in [0.2, 0.25) is 5.91 Å². The van der Waals surface area contributed by atoms with Gasteiger partial charge in [0.1, 0.15) is 0 Å². The number of carbonyl (C=O) groups is 1. The summed E-state index contributed by atoms with van der Waals surface area (Å²) in [6, 6.07) is 0. The van der Waals surface area contributed by atoms with E-state index in [-0.39, 0.29) is 5.91 Å². The number of carbonyl (C=O) groups excluding carboxylic acids is 1. The number of rotatable bonds is 11. The van der Waals surface area contributed by atoms with Gasteiger partial charge in [-0.25, -0.2) is 0 Å². The Morgan fingerprint density at radius 2 is 1.50 bits per heavy atom. The van der Waals surface area contributed by atoms with Crippen molar-refractivity contribution >= 4 is 5.91 Å². The van der Waals surface area contributed by atoms with Gasteiger partial charge in [-0.3, -0.25) is 4.79 Å². The first-order valence-electron chi connectivity index (χ1n) is 7.48. The van der Waals surface area contributed by atoms with Crippen LogP contribution in [0, 0.1) is 5.41 Å². The van der Waals surface area contributed by atoms with E-state index in [1.54, 1.807) is 0 Å². The van der Waals surface area contributed by atoms with E-state index in [4.69, 9.17) is 10.5 Å². The summed E-state index contributed by atoms with van der Waals surface area (Å²) >= 11 is 0. The highest BCUT2D eigenvalue weighted by molar-refractivity contribution is 5.73. The van der Waals surface area contributed by atoms with Crippen LogP contribution in [0.4, 0.5) is 0 Å². The smallest absolute Gasteiger partial charge is 0.217 e. The van der Waals surface area contributed by atoms with Crippen LogP contribution in [0.2, 0.25) is 0 Å². The number of amides is 1. The highest BCUT2D eigenvalue weighted by Gasteiger charge is 2.32. The van der Waals surface area contributed by atoms with Gasteiger partial charge in [0.15, 0.2) is 0 Å². The van der Waals surface area contributed by atoms with Crippen molar-refractivity contribution in [2.45, 2.75) is 71.1 Å². The number of hydrogen-bond acceptors (Lipinski definition) is 2. The molecule has 1 aliphatic heterocycles. The SMILES string of the molecule is CC1(CCCCCCCCCCC(N)=O)COC1. The number of nitrogens with two attached hydrogens (primary N) is 1. The summed E-state index contributed by atoms with van der Waals surface area (Å²) in [4.78, 5) is 10.5. The number of ether oxygens (including phenoxy) is 1. The summed E-state index contributed by atoms with van der Waals surface area (Å²) in [5.41, 5.74) is 5.59. The quantitative estimate of drug-likeness (QED) is 0.575. The molecule has 3 nitrogen and oxygen atoms in total. The maximum atomic E-state index is 10.5. The van der Waals surface area contributed by atoms with Gasteiger partial charge in [0, 0.05) is 11.8 Å². The lowest BCUT2D eigenvalue weighted by Crippen LogP contribution is -2.39. The van der Waals surface area contributed by atoms with Crippen molar-refractivity contribution in [1.82, 2.24) is 0 Å². The Morgan fingerprint density at radius 3 is 1.94 bits per heavy atom. The molecule has 18 heavy (non-hydrogen) atoms. The lowest BCUT2D eigenvalue weighted by molar-refractivity contribution is -0.118. The molecule has 0 atom stereocenters. The zero-order valence-electron chi connectivity index (χ0n) is 11.9. The molecule has 106 valence electrons. The summed E-state index contributed by atoms with van der Waals surface area (Å²) < 4.78 is 5.25. The molecular weight excluding hydrogens is 226 g/mol. The van der Waals surface area contributed by atoms with Gasteiger partial charge >= 0.3 is 0 Å². The normalized spacial score (nSPS) is 17.4. The fraction of sp³-hybridized carbons (Fsp3) is 0.933. The minimum absolute atomic E-state index is 0.163. The van der Waals surface area contributed by atoms with Crippen molar-refractivity contribution in [3.63, 3.8) is 0 Å². The molecule has 1 aliphatic rings. The molecule has 1 saturated heterocycles. The lowest BCUT2D eigenvalue weighted by atomic mass is 9.83. The topological polar surface area (TPSA) is 52.3 Å². The molecule has 0 aromatic heterocycles. The molecule has 2 N–H and O–H groups in total. The summed E-state index contributed by atoms with van der Waals surface area (Å²) in [6.07, 6.45) is 11.9. The van der Waals surface area contributed by atoms with Gasteiger partial charge < -0.3 is 10.5 Å². The summed E-state index contributed by atoms with van der Waals surface area (Å²) in [6.45, 7) is 4.26. The second kappa shape index (κ2) is 8.52. The van der Waals surface area contributed by atoms with Crippen LogP contribution in [0.15, 0.2) is 0 Å². The summed E-state index contributed by atoms with van der Waals surface area (Å²) in [7, 11) is 0. The molecule has 0 aromatic rings. The molecular formula is C15H29NO2. The van der Waals surface area contributed by atoms with E-state index < -0.39 is 0 Å². The van der Waals surface area contributed by atoms with Crippen LogP contribution >= 0.6 is 0 Å². The van der Waals surface area contributed by atoms with Gasteiger partial charge in [0.05, 0.1) is 13.2 Å². The molecule has 0 bridgehead atoms. The first-order valence-corrected chi connectivity index (χ1v) is 7.48. The van der Waals surface area contributed by atoms with E-state index in [2.05, 4.69) is 6.92 Å². The molecule has 1 amide bonds. The number of hydrogen-bond donors (Lipinski definition) is 1. The molecule has 0 spiro atoms. The number of primary amides is 1. The summed E-state index contributed by atoms with van der Waals surface area (Å²) in [5.74, 6) is -0.163. The summed E-state index contributed by atoms with van der Waals surface area (Å²) in [5, 5.41) is 0. The molecule has 3 heteroatoms. The maximum absolute atomic E-state index is 10.5. The Balaban J connectivity index is 1.74. The van der Waals surface area contributed by atoms with Gasteiger partial charge in [-0.2, -0.15) is 0 Å². The minimum atomic E-state index is -0.163. The third-order valence-corrected chi connectivity index (χ3v) is 3.85. The van der Waals surface area contributed by atoms with Crippen molar-refractivity contribution in [2.24, 2.45) is 11.1 Å². The number of unbranched alkanes of at least 4 members (excludes halogenated alkanes) is 7. The first-order chi connectivity index (χ1) is 8.62. The zero-order chi connectivity index (χ0) is 13.3. The molecule has 1 heterocycles. The Morgan fingerprint density at radius 1 is 1.00 bits per heavy atom. The standard InChI is InChI=1S/C15H29NO2/c1-15(12-18-13-15)11-9-7-5-3-2-4-6-8-10-14(16)17/h2-13H2,1H3,(H2,16,17). The van der Waals surface area contributed by atoms with Gasteiger partial charge in [0.25, 0.3) is 0 Å². The minimum Gasteiger partial charge on any atom is -0.380 e. The van der Waals surface area contributed by atoms with Crippen molar-refractivity contribution in [3.8, 4) is 0 Å². The predicted molar refractivity (Wildman–Crippen MR) is 74.3 cm³/mol. The van der Waals surface area contributed by atoms with E-state index in [1.165, 1.54) is 44.9 Å². The molecule has 1 fully saturated rings. The second-order valence-corrected chi connectivity index (χ2v) is 6.10. The molecule has 0 aromatic carbocycles. The highest BCUT2D eigenvalue weighted by atomic mass is 16.5. The van der Waals surface area contributed by atoms with E-state index in [9.17, 15) is 4.79 Å². The molecule has 0 aliphatic carbocycles. The first kappa shape index (κ1) is 15.5. The van der Waals surface area contributed by atoms with Gasteiger partial charge in [-0.05, 0) is 12.8 Å². The zero-order valence-corrected chi connectivity index (χ0v) is 11.9. The van der Waals surface area contributed by atoms with Crippen molar-refractivity contribution in [2.75, 3.05) is 13.2 Å². The monoisotopic (exact) mass is 255 g/mol. The molecule has 0 saturated carbocycles. The van der Waals surface area contributed by atoms with Crippen molar-refractivity contribution < 1.29 is 9.53 Å². The average molecular weight is 255 g/mol. The molecule has 1 rings (SSSR count). The van der Waals surface area contributed by atoms with E-state index in [0.29, 0.717) is 11.8 Å². The largest absolute Gasteiger partial charge is 0.380 e. The molecule has 0 unspecified atom stereocenters. The van der Waals surface area contributed by atoms with Crippen LogP contribution in [0.3, 0.4) is 0 Å².